The monoisotopic (exact) mass is 296 g/mol. The summed E-state index contributed by atoms with van der Waals surface area (Å²) in [7, 11) is 0. The van der Waals surface area contributed by atoms with Crippen molar-refractivity contribution in [1.29, 1.82) is 0 Å². The van der Waals surface area contributed by atoms with Crippen LogP contribution < -0.4 is 10.6 Å². The molecular weight excluding hydrogens is 281 g/mol. The van der Waals surface area contributed by atoms with Crippen molar-refractivity contribution in [2.24, 2.45) is 0 Å². The van der Waals surface area contributed by atoms with Crippen molar-refractivity contribution in [3.63, 3.8) is 0 Å². The van der Waals surface area contributed by atoms with Gasteiger partial charge in [-0.15, -0.1) is 0 Å². The molecule has 0 bridgehead atoms. The lowest BCUT2D eigenvalue weighted by molar-refractivity contribution is -0.136. The highest BCUT2D eigenvalue weighted by atomic mass is 35.5. The van der Waals surface area contributed by atoms with Crippen LogP contribution >= 0.6 is 11.6 Å². The van der Waals surface area contributed by atoms with Gasteiger partial charge in [0.25, 0.3) is 0 Å². The van der Waals surface area contributed by atoms with E-state index in [4.69, 9.17) is 11.6 Å². The molecule has 1 atom stereocenters. The predicted molar refractivity (Wildman–Crippen MR) is 69.6 cm³/mol. The van der Waals surface area contributed by atoms with E-state index in [-0.39, 0.29) is 10.8 Å². The first kappa shape index (κ1) is 15.8. The number of anilines is 2. The Labute approximate surface area is 114 Å². The van der Waals surface area contributed by atoms with Crippen LogP contribution in [-0.4, -0.2) is 28.7 Å². The second-order valence-electron chi connectivity index (χ2n) is 4.18. The number of aromatic nitrogens is 2. The van der Waals surface area contributed by atoms with E-state index in [0.717, 1.165) is 6.42 Å². The van der Waals surface area contributed by atoms with Gasteiger partial charge in [0, 0.05) is 12.6 Å². The third-order valence-electron chi connectivity index (χ3n) is 2.20. The summed E-state index contributed by atoms with van der Waals surface area (Å²) in [5, 5.41) is 5.77. The molecule has 0 aliphatic heterocycles. The van der Waals surface area contributed by atoms with Gasteiger partial charge in [-0.05, 0) is 13.3 Å². The van der Waals surface area contributed by atoms with Crippen LogP contribution in [0.4, 0.5) is 24.9 Å². The van der Waals surface area contributed by atoms with E-state index in [1.165, 1.54) is 13.1 Å². The molecule has 8 heteroatoms. The van der Waals surface area contributed by atoms with Gasteiger partial charge in [0.2, 0.25) is 5.95 Å². The quantitative estimate of drug-likeness (QED) is 0.840. The Morgan fingerprint density at radius 2 is 2.11 bits per heavy atom. The summed E-state index contributed by atoms with van der Waals surface area (Å²) in [5.41, 5.74) is 0. The Balaban J connectivity index is 2.70. The van der Waals surface area contributed by atoms with Crippen LogP contribution in [0.15, 0.2) is 6.20 Å². The third kappa shape index (κ3) is 5.96. The number of nitrogens with zero attached hydrogens (tertiary/aromatic N) is 2. The molecule has 0 saturated heterocycles. The molecule has 0 amide bonds. The Bertz CT molecular complexity index is 411. The SMILES string of the molecule is CCCNc1ncc(Cl)c(NC(C)CC(F)(F)F)n1. The van der Waals surface area contributed by atoms with E-state index in [0.29, 0.717) is 12.5 Å². The Morgan fingerprint density at radius 3 is 2.68 bits per heavy atom. The van der Waals surface area contributed by atoms with E-state index >= 15 is 0 Å². The molecule has 19 heavy (non-hydrogen) atoms. The van der Waals surface area contributed by atoms with Crippen molar-refractivity contribution in [1.82, 2.24) is 9.97 Å². The van der Waals surface area contributed by atoms with Gasteiger partial charge in [0.05, 0.1) is 12.6 Å². The molecule has 0 aromatic carbocycles. The van der Waals surface area contributed by atoms with Gasteiger partial charge in [-0.2, -0.15) is 18.2 Å². The Morgan fingerprint density at radius 1 is 1.42 bits per heavy atom. The molecule has 0 fully saturated rings. The number of hydrogen-bond donors (Lipinski definition) is 2. The smallest absolute Gasteiger partial charge is 0.366 e. The van der Waals surface area contributed by atoms with Gasteiger partial charge >= 0.3 is 6.18 Å². The summed E-state index contributed by atoms with van der Waals surface area (Å²) in [6.45, 7) is 4.08. The van der Waals surface area contributed by atoms with Crippen molar-refractivity contribution in [2.45, 2.75) is 38.9 Å². The molecule has 1 unspecified atom stereocenters. The normalized spacial score (nSPS) is 13.2. The minimum atomic E-state index is -4.23. The lowest BCUT2D eigenvalue weighted by Crippen LogP contribution is -2.24. The highest BCUT2D eigenvalue weighted by Gasteiger charge is 2.30. The Hall–Kier alpha value is -1.24. The zero-order valence-electron chi connectivity index (χ0n) is 10.7. The molecule has 0 radical (unpaired) electrons. The molecule has 1 aromatic heterocycles. The minimum Gasteiger partial charge on any atom is -0.366 e. The molecule has 1 heterocycles. The van der Waals surface area contributed by atoms with E-state index in [2.05, 4.69) is 20.6 Å². The second-order valence-corrected chi connectivity index (χ2v) is 4.59. The van der Waals surface area contributed by atoms with Crippen LogP contribution in [-0.2, 0) is 0 Å². The van der Waals surface area contributed by atoms with Gasteiger partial charge in [-0.1, -0.05) is 18.5 Å². The van der Waals surface area contributed by atoms with E-state index in [1.807, 2.05) is 6.92 Å². The van der Waals surface area contributed by atoms with Gasteiger partial charge in [-0.25, -0.2) is 4.98 Å². The fourth-order valence-electron chi connectivity index (χ4n) is 1.42. The molecule has 0 saturated carbocycles. The highest BCUT2D eigenvalue weighted by Crippen LogP contribution is 2.25. The van der Waals surface area contributed by atoms with Crippen LogP contribution in [0.25, 0.3) is 0 Å². The standard InChI is InChI=1S/C11H16ClF3N4/c1-3-4-16-10-17-6-8(12)9(19-10)18-7(2)5-11(13,14)15/h6-7H,3-5H2,1-2H3,(H2,16,17,18,19). The molecule has 1 rings (SSSR count). The maximum Gasteiger partial charge on any atom is 0.391 e. The van der Waals surface area contributed by atoms with Crippen molar-refractivity contribution in [3.05, 3.63) is 11.2 Å². The van der Waals surface area contributed by atoms with Gasteiger partial charge in [0.15, 0.2) is 5.82 Å². The van der Waals surface area contributed by atoms with Crippen molar-refractivity contribution >= 4 is 23.4 Å². The first-order chi connectivity index (χ1) is 8.81. The van der Waals surface area contributed by atoms with Crippen LogP contribution in [0.5, 0.6) is 0 Å². The van der Waals surface area contributed by atoms with Crippen LogP contribution in [0.2, 0.25) is 5.02 Å². The van der Waals surface area contributed by atoms with Gasteiger partial charge in [-0.3, -0.25) is 0 Å². The molecule has 108 valence electrons. The highest BCUT2D eigenvalue weighted by molar-refractivity contribution is 6.32. The fourth-order valence-corrected chi connectivity index (χ4v) is 1.57. The summed E-state index contributed by atoms with van der Waals surface area (Å²) in [6, 6.07) is -0.813. The minimum absolute atomic E-state index is 0.191. The zero-order chi connectivity index (χ0) is 14.5. The third-order valence-corrected chi connectivity index (χ3v) is 2.47. The maximum absolute atomic E-state index is 12.2. The van der Waals surface area contributed by atoms with E-state index < -0.39 is 18.6 Å². The summed E-state index contributed by atoms with van der Waals surface area (Å²) < 4.78 is 36.7. The van der Waals surface area contributed by atoms with E-state index in [9.17, 15) is 13.2 Å². The molecule has 1 aromatic rings. The van der Waals surface area contributed by atoms with Crippen molar-refractivity contribution < 1.29 is 13.2 Å². The first-order valence-corrected chi connectivity index (χ1v) is 6.29. The van der Waals surface area contributed by atoms with Gasteiger partial charge < -0.3 is 10.6 Å². The van der Waals surface area contributed by atoms with Gasteiger partial charge in [0.1, 0.15) is 5.02 Å². The Kier molecular flexibility index (Phi) is 5.65. The molecule has 0 aliphatic carbocycles. The number of rotatable bonds is 6. The molecular formula is C11H16ClF3N4. The first-order valence-electron chi connectivity index (χ1n) is 5.91. The molecule has 4 nitrogen and oxygen atoms in total. The molecule has 0 spiro atoms. The lowest BCUT2D eigenvalue weighted by Gasteiger charge is -2.17. The number of halogens is 4. The van der Waals surface area contributed by atoms with Crippen molar-refractivity contribution in [3.8, 4) is 0 Å². The summed E-state index contributed by atoms with van der Waals surface area (Å²) in [5.74, 6) is 0.542. The zero-order valence-corrected chi connectivity index (χ0v) is 11.4. The number of hydrogen-bond acceptors (Lipinski definition) is 4. The number of alkyl halides is 3. The maximum atomic E-state index is 12.2. The summed E-state index contributed by atoms with van der Waals surface area (Å²) in [4.78, 5) is 7.99. The molecule has 0 aliphatic rings. The molecule has 2 N–H and O–H groups in total. The average molecular weight is 297 g/mol. The number of nitrogens with one attached hydrogen (secondary N) is 2. The van der Waals surface area contributed by atoms with E-state index in [1.54, 1.807) is 0 Å². The lowest BCUT2D eigenvalue weighted by atomic mass is 10.2. The fraction of sp³-hybridized carbons (Fsp3) is 0.636. The van der Waals surface area contributed by atoms with Crippen LogP contribution in [0, 0.1) is 0 Å². The topological polar surface area (TPSA) is 49.8 Å². The predicted octanol–water partition coefficient (Wildman–Crippen LogP) is 3.70. The van der Waals surface area contributed by atoms with Crippen LogP contribution in [0.3, 0.4) is 0 Å². The summed E-state index contributed by atoms with van der Waals surface area (Å²) >= 11 is 5.85. The van der Waals surface area contributed by atoms with Crippen LogP contribution in [0.1, 0.15) is 26.7 Å². The van der Waals surface area contributed by atoms with Crippen molar-refractivity contribution in [2.75, 3.05) is 17.2 Å². The largest absolute Gasteiger partial charge is 0.391 e. The summed E-state index contributed by atoms with van der Waals surface area (Å²) in [6.07, 6.45) is -2.94. The second kappa shape index (κ2) is 6.79. The average Bonchev–Trinajstić information content (AvgIpc) is 2.27.